The van der Waals surface area contributed by atoms with Crippen LogP contribution in [0.15, 0.2) is 59.9 Å². The maximum absolute atomic E-state index is 13.8. The largest absolute Gasteiger partial charge is 0.345 e. The summed E-state index contributed by atoms with van der Waals surface area (Å²) in [7, 11) is 0. The van der Waals surface area contributed by atoms with Gasteiger partial charge in [0.1, 0.15) is 29.4 Å². The Morgan fingerprint density at radius 3 is 2.79 bits per heavy atom. The molecule has 0 spiro atoms. The summed E-state index contributed by atoms with van der Waals surface area (Å²) in [6.45, 7) is 2.77. The van der Waals surface area contributed by atoms with Crippen molar-refractivity contribution >= 4 is 22.4 Å². The zero-order valence-electron chi connectivity index (χ0n) is 17.9. The normalized spacial score (nSPS) is 15.6. The number of para-hydroxylation sites is 1. The number of nitrogens with zero attached hydrogens (tertiary/aromatic N) is 7. The minimum Gasteiger partial charge on any atom is -0.345 e. The molecule has 0 aliphatic carbocycles. The fourth-order valence-corrected chi connectivity index (χ4v) is 4.63. The number of rotatable bonds is 4. The van der Waals surface area contributed by atoms with Gasteiger partial charge in [-0.1, -0.05) is 25.1 Å². The van der Waals surface area contributed by atoms with Crippen molar-refractivity contribution in [2.24, 2.45) is 0 Å². The average molecular weight is 436 g/mol. The van der Waals surface area contributed by atoms with Crippen LogP contribution in [0.2, 0.25) is 0 Å². The predicted octanol–water partition coefficient (Wildman–Crippen LogP) is 3.14. The standard InChI is InChI=1S/C24H20N8O/c1-2-15-8-11-31-20(15)24(33)32(17-6-4-3-5-7-17)22(29-31)18-9-10-30(18)23-19-16(12-25)13-26-21(19)27-14-28-23/h3-8,11,13-14,18H,2,9-10H2,1H3,(H,26,27,28). The van der Waals surface area contributed by atoms with Crippen molar-refractivity contribution < 1.29 is 0 Å². The van der Waals surface area contributed by atoms with E-state index in [1.807, 2.05) is 49.5 Å². The average Bonchev–Trinajstić information content (AvgIpc) is 3.43. The zero-order chi connectivity index (χ0) is 22.5. The topological polar surface area (TPSA) is 108 Å². The van der Waals surface area contributed by atoms with Gasteiger partial charge >= 0.3 is 0 Å². The first kappa shape index (κ1) is 19.3. The highest BCUT2D eigenvalue weighted by molar-refractivity contribution is 5.93. The number of hydrogen-bond donors (Lipinski definition) is 1. The quantitative estimate of drug-likeness (QED) is 0.464. The van der Waals surface area contributed by atoms with E-state index in [1.54, 1.807) is 15.3 Å². The molecule has 0 saturated carbocycles. The van der Waals surface area contributed by atoms with Crippen LogP contribution >= 0.6 is 0 Å². The summed E-state index contributed by atoms with van der Waals surface area (Å²) in [4.78, 5) is 27.7. The molecule has 0 amide bonds. The maximum atomic E-state index is 13.8. The Labute approximate surface area is 188 Å². The van der Waals surface area contributed by atoms with E-state index in [4.69, 9.17) is 5.10 Å². The van der Waals surface area contributed by atoms with Crippen LogP contribution in [0.1, 0.15) is 36.3 Å². The second-order valence-corrected chi connectivity index (χ2v) is 8.05. The molecule has 1 aliphatic rings. The van der Waals surface area contributed by atoms with E-state index < -0.39 is 0 Å². The van der Waals surface area contributed by atoms with E-state index >= 15 is 0 Å². The van der Waals surface area contributed by atoms with Gasteiger partial charge in [-0.05, 0) is 36.6 Å². The molecule has 1 fully saturated rings. The highest BCUT2D eigenvalue weighted by atomic mass is 16.1. The van der Waals surface area contributed by atoms with Gasteiger partial charge in [-0.15, -0.1) is 0 Å². The van der Waals surface area contributed by atoms with Crippen LogP contribution in [-0.4, -0.2) is 35.7 Å². The van der Waals surface area contributed by atoms with E-state index in [2.05, 4.69) is 25.9 Å². The molecule has 5 heterocycles. The third kappa shape index (κ3) is 2.77. The summed E-state index contributed by atoms with van der Waals surface area (Å²) < 4.78 is 3.41. The maximum Gasteiger partial charge on any atom is 0.282 e. The number of benzene rings is 1. The third-order valence-electron chi connectivity index (χ3n) is 6.35. The Morgan fingerprint density at radius 2 is 2.06 bits per heavy atom. The smallest absolute Gasteiger partial charge is 0.282 e. The fraction of sp³-hybridized carbons (Fsp3) is 0.208. The number of nitrogens with one attached hydrogen (secondary N) is 1. The first-order valence-electron chi connectivity index (χ1n) is 10.9. The van der Waals surface area contributed by atoms with Gasteiger partial charge in [-0.3, -0.25) is 9.36 Å². The van der Waals surface area contributed by atoms with Crippen LogP contribution in [0.25, 0.3) is 22.2 Å². The number of hydrogen-bond acceptors (Lipinski definition) is 6. The predicted molar refractivity (Wildman–Crippen MR) is 123 cm³/mol. The van der Waals surface area contributed by atoms with Crippen molar-refractivity contribution in [1.82, 2.24) is 29.1 Å². The second kappa shape index (κ2) is 7.31. The molecular weight excluding hydrogens is 416 g/mol. The Balaban J connectivity index is 1.58. The van der Waals surface area contributed by atoms with Crippen LogP contribution in [0.3, 0.4) is 0 Å². The van der Waals surface area contributed by atoms with Crippen molar-refractivity contribution in [3.63, 3.8) is 0 Å². The lowest BCUT2D eigenvalue weighted by atomic mass is 10.0. The van der Waals surface area contributed by atoms with Gasteiger partial charge in [0.05, 0.1) is 22.7 Å². The van der Waals surface area contributed by atoms with Crippen LogP contribution in [0.5, 0.6) is 0 Å². The number of aromatic nitrogens is 6. The number of H-pyrrole nitrogens is 1. The van der Waals surface area contributed by atoms with E-state index in [1.165, 1.54) is 6.33 Å². The lowest BCUT2D eigenvalue weighted by Crippen LogP contribution is -2.45. The number of nitriles is 1. The second-order valence-electron chi connectivity index (χ2n) is 8.05. The van der Waals surface area contributed by atoms with Crippen molar-refractivity contribution in [2.45, 2.75) is 25.8 Å². The molecule has 162 valence electrons. The highest BCUT2D eigenvalue weighted by Crippen LogP contribution is 2.39. The first-order chi connectivity index (χ1) is 16.2. The Kier molecular flexibility index (Phi) is 4.26. The van der Waals surface area contributed by atoms with Gasteiger partial charge in [-0.25, -0.2) is 14.5 Å². The molecule has 1 saturated heterocycles. The van der Waals surface area contributed by atoms with Crippen molar-refractivity contribution in [3.8, 4) is 11.8 Å². The molecule has 0 radical (unpaired) electrons. The highest BCUT2D eigenvalue weighted by Gasteiger charge is 2.37. The Bertz CT molecular complexity index is 1610. The van der Waals surface area contributed by atoms with Gasteiger partial charge in [0.15, 0.2) is 5.82 Å². The molecule has 9 heteroatoms. The lowest BCUT2D eigenvalue weighted by Gasteiger charge is -2.42. The first-order valence-corrected chi connectivity index (χ1v) is 10.9. The number of anilines is 1. The third-order valence-corrected chi connectivity index (χ3v) is 6.35. The molecule has 1 unspecified atom stereocenters. The summed E-state index contributed by atoms with van der Waals surface area (Å²) in [5.74, 6) is 1.31. The molecule has 1 aliphatic heterocycles. The summed E-state index contributed by atoms with van der Waals surface area (Å²) in [5.41, 5.74) is 3.36. The minimum absolute atomic E-state index is 0.0907. The molecule has 1 atom stereocenters. The zero-order valence-corrected chi connectivity index (χ0v) is 17.9. The van der Waals surface area contributed by atoms with Crippen molar-refractivity contribution in [3.05, 3.63) is 82.4 Å². The number of fused-ring (bicyclic) bond motifs is 2. The van der Waals surface area contributed by atoms with Crippen LogP contribution in [0.4, 0.5) is 5.82 Å². The molecule has 1 aromatic carbocycles. The summed E-state index contributed by atoms with van der Waals surface area (Å²) >= 11 is 0. The minimum atomic E-state index is -0.172. The van der Waals surface area contributed by atoms with E-state index in [0.29, 0.717) is 33.8 Å². The van der Waals surface area contributed by atoms with Crippen LogP contribution in [-0.2, 0) is 6.42 Å². The molecule has 1 N–H and O–H groups in total. The Hall–Kier alpha value is -4.45. The number of aryl methyl sites for hydroxylation is 1. The molecule has 9 nitrogen and oxygen atoms in total. The fourth-order valence-electron chi connectivity index (χ4n) is 4.63. The summed E-state index contributed by atoms with van der Waals surface area (Å²) in [5, 5.41) is 15.2. The summed E-state index contributed by atoms with van der Waals surface area (Å²) in [6, 6.07) is 13.6. The van der Waals surface area contributed by atoms with Gasteiger partial charge < -0.3 is 9.88 Å². The van der Waals surface area contributed by atoms with E-state index in [0.717, 1.165) is 30.6 Å². The summed E-state index contributed by atoms with van der Waals surface area (Å²) in [6.07, 6.45) is 6.55. The van der Waals surface area contributed by atoms with E-state index in [9.17, 15) is 10.1 Å². The van der Waals surface area contributed by atoms with Crippen molar-refractivity contribution in [2.75, 3.05) is 11.4 Å². The van der Waals surface area contributed by atoms with Gasteiger partial charge in [0.2, 0.25) is 0 Å². The lowest BCUT2D eigenvalue weighted by molar-refractivity contribution is 0.424. The SMILES string of the molecule is CCc1ccn2nc(C3CCN3c3ncnc4[nH]cc(C#N)c34)n(-c3ccccc3)c(=O)c12. The van der Waals surface area contributed by atoms with Gasteiger partial charge in [0.25, 0.3) is 5.56 Å². The van der Waals surface area contributed by atoms with Crippen LogP contribution in [0, 0.1) is 11.3 Å². The molecular formula is C24H20N8O. The molecule has 5 aromatic rings. The van der Waals surface area contributed by atoms with Gasteiger partial charge in [0, 0.05) is 18.9 Å². The van der Waals surface area contributed by atoms with E-state index in [-0.39, 0.29) is 11.6 Å². The molecule has 4 aromatic heterocycles. The van der Waals surface area contributed by atoms with Crippen LogP contribution < -0.4 is 10.5 Å². The Morgan fingerprint density at radius 1 is 1.21 bits per heavy atom. The molecule has 33 heavy (non-hydrogen) atoms. The molecule has 0 bridgehead atoms. The van der Waals surface area contributed by atoms with Crippen molar-refractivity contribution in [1.29, 1.82) is 5.26 Å². The van der Waals surface area contributed by atoms with Gasteiger partial charge in [-0.2, -0.15) is 10.4 Å². The monoisotopic (exact) mass is 436 g/mol. The number of aromatic amines is 1. The molecule has 6 rings (SSSR count).